The zero-order valence-electron chi connectivity index (χ0n) is 10.6. The minimum Gasteiger partial charge on any atom is -0.409 e. The molecule has 7 nitrogen and oxygen atoms in total. The number of amidine groups is 1. The second kappa shape index (κ2) is 5.98. The summed E-state index contributed by atoms with van der Waals surface area (Å²) in [6.07, 6.45) is 2.69. The van der Waals surface area contributed by atoms with E-state index in [9.17, 15) is 8.42 Å². The summed E-state index contributed by atoms with van der Waals surface area (Å²) in [4.78, 5) is 3.77. The van der Waals surface area contributed by atoms with Gasteiger partial charge < -0.3 is 10.9 Å². The van der Waals surface area contributed by atoms with Gasteiger partial charge in [-0.05, 0) is 30.3 Å². The number of sulfonamides is 1. The van der Waals surface area contributed by atoms with Crippen molar-refractivity contribution in [3.63, 3.8) is 0 Å². The fourth-order valence-corrected chi connectivity index (χ4v) is 2.85. The third-order valence-electron chi connectivity index (χ3n) is 2.56. The molecular formula is C12H11ClN4O3S. The first-order valence-corrected chi connectivity index (χ1v) is 7.50. The number of nitrogens with one attached hydrogen (secondary N) is 1. The van der Waals surface area contributed by atoms with Gasteiger partial charge in [0.15, 0.2) is 5.84 Å². The van der Waals surface area contributed by atoms with Gasteiger partial charge >= 0.3 is 0 Å². The van der Waals surface area contributed by atoms with E-state index in [0.717, 1.165) is 0 Å². The first kappa shape index (κ1) is 15.1. The van der Waals surface area contributed by atoms with Crippen molar-refractivity contribution in [3.05, 3.63) is 53.3 Å². The van der Waals surface area contributed by atoms with Gasteiger partial charge in [0, 0.05) is 18.0 Å². The lowest BCUT2D eigenvalue weighted by molar-refractivity contribution is 0.318. The largest absolute Gasteiger partial charge is 0.409 e. The SMILES string of the molecule is N/C(=N/O)c1ccc(NS(=O)(=O)c2cccnc2)c(Cl)c1. The Morgan fingerprint density at radius 1 is 1.38 bits per heavy atom. The Balaban J connectivity index is 2.33. The summed E-state index contributed by atoms with van der Waals surface area (Å²) >= 11 is 5.99. The van der Waals surface area contributed by atoms with Crippen LogP contribution in [0.3, 0.4) is 0 Å². The summed E-state index contributed by atoms with van der Waals surface area (Å²) in [7, 11) is -3.78. The number of hydrogen-bond acceptors (Lipinski definition) is 5. The molecule has 0 aliphatic heterocycles. The van der Waals surface area contributed by atoms with Crippen LogP contribution in [0.15, 0.2) is 52.8 Å². The minimum atomic E-state index is -3.78. The minimum absolute atomic E-state index is 0.0153. The van der Waals surface area contributed by atoms with Gasteiger partial charge in [-0.3, -0.25) is 9.71 Å². The van der Waals surface area contributed by atoms with Gasteiger partial charge in [0.1, 0.15) is 4.90 Å². The van der Waals surface area contributed by atoms with Gasteiger partial charge in [-0.15, -0.1) is 0 Å². The van der Waals surface area contributed by atoms with Crippen molar-refractivity contribution < 1.29 is 13.6 Å². The Kier molecular flexibility index (Phi) is 4.29. The Morgan fingerprint density at radius 2 is 2.14 bits per heavy atom. The highest BCUT2D eigenvalue weighted by molar-refractivity contribution is 7.92. The van der Waals surface area contributed by atoms with Gasteiger partial charge in [-0.2, -0.15) is 0 Å². The van der Waals surface area contributed by atoms with Crippen LogP contribution in [-0.4, -0.2) is 24.4 Å². The fourth-order valence-electron chi connectivity index (χ4n) is 1.52. The van der Waals surface area contributed by atoms with Crippen LogP contribution in [0.1, 0.15) is 5.56 Å². The molecule has 1 aromatic heterocycles. The normalized spacial score (nSPS) is 12.1. The summed E-state index contributed by atoms with van der Waals surface area (Å²) in [5.41, 5.74) is 5.97. The highest BCUT2D eigenvalue weighted by atomic mass is 35.5. The second-order valence-electron chi connectivity index (χ2n) is 3.97. The lowest BCUT2D eigenvalue weighted by Gasteiger charge is -2.10. The molecule has 9 heteroatoms. The predicted molar refractivity (Wildman–Crippen MR) is 79.0 cm³/mol. The molecule has 1 aromatic carbocycles. The van der Waals surface area contributed by atoms with Crippen molar-refractivity contribution >= 4 is 33.1 Å². The molecule has 0 atom stereocenters. The highest BCUT2D eigenvalue weighted by Crippen LogP contribution is 2.25. The van der Waals surface area contributed by atoms with Gasteiger partial charge in [0.25, 0.3) is 10.0 Å². The maximum absolute atomic E-state index is 12.1. The molecule has 0 fully saturated rings. The summed E-state index contributed by atoms with van der Waals surface area (Å²) in [5, 5.41) is 11.5. The molecular weight excluding hydrogens is 316 g/mol. The Bertz CT molecular complexity index is 778. The summed E-state index contributed by atoms with van der Waals surface area (Å²) in [6.45, 7) is 0. The van der Waals surface area contributed by atoms with E-state index in [2.05, 4.69) is 14.9 Å². The van der Waals surface area contributed by atoms with Crippen molar-refractivity contribution in [2.45, 2.75) is 4.90 Å². The van der Waals surface area contributed by atoms with E-state index >= 15 is 0 Å². The number of nitrogens with zero attached hydrogens (tertiary/aromatic N) is 2. The fraction of sp³-hybridized carbons (Fsp3) is 0. The van der Waals surface area contributed by atoms with E-state index in [4.69, 9.17) is 22.5 Å². The van der Waals surface area contributed by atoms with Crippen molar-refractivity contribution in [2.75, 3.05) is 4.72 Å². The van der Waals surface area contributed by atoms with E-state index < -0.39 is 10.0 Å². The van der Waals surface area contributed by atoms with Crippen LogP contribution in [0.4, 0.5) is 5.69 Å². The molecule has 0 bridgehead atoms. The lowest BCUT2D eigenvalue weighted by Crippen LogP contribution is -2.15. The molecule has 0 aliphatic rings. The number of aromatic nitrogens is 1. The second-order valence-corrected chi connectivity index (χ2v) is 6.06. The molecule has 0 aliphatic carbocycles. The van der Waals surface area contributed by atoms with Crippen LogP contribution in [0.5, 0.6) is 0 Å². The van der Waals surface area contributed by atoms with Gasteiger partial charge in [0.05, 0.1) is 10.7 Å². The van der Waals surface area contributed by atoms with Crippen LogP contribution in [0.2, 0.25) is 5.02 Å². The quantitative estimate of drug-likeness (QED) is 0.341. The van der Waals surface area contributed by atoms with E-state index in [1.54, 1.807) is 0 Å². The monoisotopic (exact) mass is 326 g/mol. The van der Waals surface area contributed by atoms with E-state index in [-0.39, 0.29) is 21.4 Å². The number of hydrogen-bond donors (Lipinski definition) is 3. The topological polar surface area (TPSA) is 118 Å². The number of pyridine rings is 1. The average molecular weight is 327 g/mol. The third-order valence-corrected chi connectivity index (χ3v) is 4.23. The molecule has 0 saturated carbocycles. The number of benzene rings is 1. The van der Waals surface area contributed by atoms with Crippen LogP contribution < -0.4 is 10.5 Å². The summed E-state index contributed by atoms with van der Waals surface area (Å²) in [5.74, 6) is -0.126. The molecule has 0 radical (unpaired) electrons. The van der Waals surface area contributed by atoms with E-state index in [1.807, 2.05) is 0 Å². The third kappa shape index (κ3) is 3.41. The number of rotatable bonds is 4. The average Bonchev–Trinajstić information content (AvgIpc) is 2.49. The first-order valence-electron chi connectivity index (χ1n) is 5.64. The molecule has 0 spiro atoms. The van der Waals surface area contributed by atoms with Gasteiger partial charge in [0.2, 0.25) is 0 Å². The molecule has 0 amide bonds. The number of oxime groups is 1. The van der Waals surface area contributed by atoms with Crippen LogP contribution in [0, 0.1) is 0 Å². The molecule has 2 rings (SSSR count). The standard InChI is InChI=1S/C12H11ClN4O3S/c13-10-6-8(12(14)16-18)3-4-11(10)17-21(19,20)9-2-1-5-15-7-9/h1-7,17-18H,(H2,14,16). The van der Waals surface area contributed by atoms with Crippen molar-refractivity contribution in [1.29, 1.82) is 0 Å². The van der Waals surface area contributed by atoms with Crippen LogP contribution in [0.25, 0.3) is 0 Å². The zero-order chi connectivity index (χ0) is 15.5. The molecule has 0 saturated heterocycles. The lowest BCUT2D eigenvalue weighted by atomic mass is 10.2. The Morgan fingerprint density at radius 3 is 2.71 bits per heavy atom. The maximum Gasteiger partial charge on any atom is 0.263 e. The molecule has 110 valence electrons. The van der Waals surface area contributed by atoms with Crippen molar-refractivity contribution in [1.82, 2.24) is 4.98 Å². The van der Waals surface area contributed by atoms with Gasteiger partial charge in [-0.1, -0.05) is 16.8 Å². The van der Waals surface area contributed by atoms with Crippen LogP contribution in [-0.2, 0) is 10.0 Å². The van der Waals surface area contributed by atoms with Crippen molar-refractivity contribution in [3.8, 4) is 0 Å². The molecule has 1 heterocycles. The number of nitrogens with two attached hydrogens (primary N) is 1. The summed E-state index contributed by atoms with van der Waals surface area (Å²) in [6, 6.07) is 7.20. The molecule has 2 aromatic rings. The first-order chi connectivity index (χ1) is 9.94. The Labute approximate surface area is 126 Å². The van der Waals surface area contributed by atoms with Gasteiger partial charge in [-0.25, -0.2) is 8.42 Å². The smallest absolute Gasteiger partial charge is 0.263 e. The summed E-state index contributed by atoms with van der Waals surface area (Å²) < 4.78 is 26.6. The van der Waals surface area contributed by atoms with E-state index in [0.29, 0.717) is 5.56 Å². The van der Waals surface area contributed by atoms with Crippen LogP contribution >= 0.6 is 11.6 Å². The zero-order valence-corrected chi connectivity index (χ0v) is 12.1. The van der Waals surface area contributed by atoms with E-state index in [1.165, 1.54) is 42.7 Å². The maximum atomic E-state index is 12.1. The predicted octanol–water partition coefficient (Wildman–Crippen LogP) is 1.63. The number of anilines is 1. The Hall–Kier alpha value is -2.32. The number of halogens is 1. The van der Waals surface area contributed by atoms with Crippen molar-refractivity contribution in [2.24, 2.45) is 10.9 Å². The molecule has 21 heavy (non-hydrogen) atoms. The molecule has 0 unspecified atom stereocenters. The molecule has 4 N–H and O–H groups in total. The highest BCUT2D eigenvalue weighted by Gasteiger charge is 2.16.